The van der Waals surface area contributed by atoms with Crippen molar-refractivity contribution in [1.82, 2.24) is 14.7 Å². The van der Waals surface area contributed by atoms with Gasteiger partial charge in [-0.1, -0.05) is 31.5 Å². The largest absolute Gasteiger partial charge is 0.339 e. The van der Waals surface area contributed by atoms with Gasteiger partial charge in [-0.15, -0.1) is 0 Å². The molecule has 2 rings (SSSR count). The van der Waals surface area contributed by atoms with Crippen LogP contribution in [-0.2, 0) is 9.59 Å². The van der Waals surface area contributed by atoms with Crippen LogP contribution in [0.1, 0.15) is 31.4 Å². The van der Waals surface area contributed by atoms with Gasteiger partial charge in [-0.05, 0) is 26.6 Å². The van der Waals surface area contributed by atoms with Crippen LogP contribution in [0.2, 0.25) is 0 Å². The number of carbonyl (C=O) groups is 2. The van der Waals surface area contributed by atoms with Crippen molar-refractivity contribution in [3.63, 3.8) is 0 Å². The van der Waals surface area contributed by atoms with Crippen molar-refractivity contribution in [2.45, 2.75) is 25.8 Å². The standard InChI is InChI=1S/C18H26FN3O2/c1-4-5-10-21-11-12-22(13-16(21)23)18(24)17(20(2)3)14-8-6-7-9-15(14)19/h6-9,17H,4-5,10-13H2,1-3H3. The molecule has 1 saturated heterocycles. The van der Waals surface area contributed by atoms with Gasteiger partial charge in [0.05, 0.1) is 6.54 Å². The van der Waals surface area contributed by atoms with Gasteiger partial charge in [0, 0.05) is 25.2 Å². The first-order chi connectivity index (χ1) is 11.5. The molecule has 1 unspecified atom stereocenters. The number of piperazine rings is 1. The lowest BCUT2D eigenvalue weighted by Gasteiger charge is -2.37. The molecule has 2 amide bonds. The molecule has 0 aliphatic carbocycles. The Morgan fingerprint density at radius 3 is 2.58 bits per heavy atom. The highest BCUT2D eigenvalue weighted by Gasteiger charge is 2.33. The maximum atomic E-state index is 14.1. The van der Waals surface area contributed by atoms with Gasteiger partial charge in [0.2, 0.25) is 11.8 Å². The number of benzene rings is 1. The molecule has 0 bridgehead atoms. The average Bonchev–Trinajstić information content (AvgIpc) is 2.55. The number of hydrogen-bond acceptors (Lipinski definition) is 3. The first-order valence-corrected chi connectivity index (χ1v) is 8.43. The minimum Gasteiger partial charge on any atom is -0.339 e. The van der Waals surface area contributed by atoms with Crippen molar-refractivity contribution in [1.29, 1.82) is 0 Å². The van der Waals surface area contributed by atoms with E-state index in [9.17, 15) is 14.0 Å². The molecule has 6 heteroatoms. The van der Waals surface area contributed by atoms with E-state index in [0.717, 1.165) is 19.4 Å². The second-order valence-corrected chi connectivity index (χ2v) is 6.38. The van der Waals surface area contributed by atoms with E-state index in [-0.39, 0.29) is 18.4 Å². The van der Waals surface area contributed by atoms with E-state index in [4.69, 9.17) is 0 Å². The highest BCUT2D eigenvalue weighted by atomic mass is 19.1. The smallest absolute Gasteiger partial charge is 0.245 e. The van der Waals surface area contributed by atoms with Gasteiger partial charge in [0.1, 0.15) is 11.9 Å². The molecule has 24 heavy (non-hydrogen) atoms. The maximum Gasteiger partial charge on any atom is 0.245 e. The lowest BCUT2D eigenvalue weighted by atomic mass is 10.0. The normalized spacial score (nSPS) is 16.6. The van der Waals surface area contributed by atoms with Gasteiger partial charge in [-0.2, -0.15) is 0 Å². The highest BCUT2D eigenvalue weighted by molar-refractivity contribution is 5.89. The zero-order valence-corrected chi connectivity index (χ0v) is 14.7. The van der Waals surface area contributed by atoms with Crippen LogP contribution in [0.4, 0.5) is 4.39 Å². The van der Waals surface area contributed by atoms with Crippen molar-refractivity contribution in [2.75, 3.05) is 40.3 Å². The number of nitrogens with zero attached hydrogens (tertiary/aromatic N) is 3. The highest BCUT2D eigenvalue weighted by Crippen LogP contribution is 2.24. The van der Waals surface area contributed by atoms with Crippen LogP contribution in [0.5, 0.6) is 0 Å². The van der Waals surface area contributed by atoms with Gasteiger partial charge in [0.25, 0.3) is 0 Å². The summed E-state index contributed by atoms with van der Waals surface area (Å²) in [5, 5.41) is 0. The Bertz CT molecular complexity index is 591. The van der Waals surface area contributed by atoms with Crippen LogP contribution in [0.25, 0.3) is 0 Å². The van der Waals surface area contributed by atoms with E-state index < -0.39 is 11.9 Å². The van der Waals surface area contributed by atoms with E-state index in [1.54, 1.807) is 47.0 Å². The third kappa shape index (κ3) is 4.12. The number of amides is 2. The summed E-state index contributed by atoms with van der Waals surface area (Å²) in [7, 11) is 3.49. The molecule has 1 heterocycles. The fourth-order valence-electron chi connectivity index (χ4n) is 2.98. The Labute approximate surface area is 143 Å². The van der Waals surface area contributed by atoms with E-state index in [1.165, 1.54) is 6.07 Å². The Hall–Kier alpha value is -1.95. The molecule has 1 aromatic carbocycles. The molecule has 132 valence electrons. The molecule has 0 aromatic heterocycles. The molecule has 0 spiro atoms. The van der Waals surface area contributed by atoms with Crippen LogP contribution in [0.15, 0.2) is 24.3 Å². The molecule has 0 N–H and O–H groups in total. The second-order valence-electron chi connectivity index (χ2n) is 6.38. The van der Waals surface area contributed by atoms with Crippen LogP contribution in [-0.4, -0.2) is 66.8 Å². The minimum absolute atomic E-state index is 0.0333. The first kappa shape index (κ1) is 18.4. The molecule has 1 fully saturated rings. The quantitative estimate of drug-likeness (QED) is 0.797. The van der Waals surface area contributed by atoms with Gasteiger partial charge in [-0.3, -0.25) is 14.5 Å². The predicted octanol–water partition coefficient (Wildman–Crippen LogP) is 1.90. The molecule has 0 saturated carbocycles. The summed E-state index contributed by atoms with van der Waals surface area (Å²) in [6, 6.07) is 5.58. The van der Waals surface area contributed by atoms with E-state index in [2.05, 4.69) is 6.92 Å². The lowest BCUT2D eigenvalue weighted by Crippen LogP contribution is -2.54. The lowest BCUT2D eigenvalue weighted by molar-refractivity contribution is -0.148. The number of hydrogen-bond donors (Lipinski definition) is 0. The maximum absolute atomic E-state index is 14.1. The van der Waals surface area contributed by atoms with E-state index in [0.29, 0.717) is 18.7 Å². The van der Waals surface area contributed by atoms with Crippen LogP contribution in [0, 0.1) is 5.82 Å². The van der Waals surface area contributed by atoms with E-state index >= 15 is 0 Å². The summed E-state index contributed by atoms with van der Waals surface area (Å²) in [6.45, 7) is 3.93. The van der Waals surface area contributed by atoms with Crippen LogP contribution < -0.4 is 0 Å². The monoisotopic (exact) mass is 335 g/mol. The minimum atomic E-state index is -0.721. The Balaban J connectivity index is 2.12. The number of unbranched alkanes of at least 4 members (excludes halogenated alkanes) is 1. The first-order valence-electron chi connectivity index (χ1n) is 8.43. The number of carbonyl (C=O) groups excluding carboxylic acids is 2. The van der Waals surface area contributed by atoms with Crippen LogP contribution in [0.3, 0.4) is 0 Å². The number of likely N-dealkylation sites (N-methyl/N-ethyl adjacent to an activating group) is 1. The summed E-state index contributed by atoms with van der Waals surface area (Å²) >= 11 is 0. The summed E-state index contributed by atoms with van der Waals surface area (Å²) in [6.07, 6.45) is 2.00. The molecule has 1 aromatic rings. The predicted molar refractivity (Wildman–Crippen MR) is 90.9 cm³/mol. The summed E-state index contributed by atoms with van der Waals surface area (Å²) < 4.78 is 14.1. The third-order valence-electron chi connectivity index (χ3n) is 4.36. The molecular formula is C18H26FN3O2. The molecular weight excluding hydrogens is 309 g/mol. The Morgan fingerprint density at radius 1 is 1.29 bits per heavy atom. The SMILES string of the molecule is CCCCN1CCN(C(=O)C(c2ccccc2F)N(C)C)CC1=O. The topological polar surface area (TPSA) is 43.9 Å². The average molecular weight is 335 g/mol. The zero-order valence-electron chi connectivity index (χ0n) is 14.7. The summed E-state index contributed by atoms with van der Waals surface area (Å²) in [5.41, 5.74) is 0.341. The van der Waals surface area contributed by atoms with E-state index in [1.807, 2.05) is 0 Å². The molecule has 5 nitrogen and oxygen atoms in total. The molecule has 1 atom stereocenters. The number of rotatable bonds is 6. The fraction of sp³-hybridized carbons (Fsp3) is 0.556. The Morgan fingerprint density at radius 2 is 2.00 bits per heavy atom. The number of halogens is 1. The van der Waals surface area contributed by atoms with Gasteiger partial charge in [0.15, 0.2) is 0 Å². The second kappa shape index (κ2) is 8.24. The van der Waals surface area contributed by atoms with Crippen molar-refractivity contribution in [3.8, 4) is 0 Å². The van der Waals surface area contributed by atoms with Crippen molar-refractivity contribution in [3.05, 3.63) is 35.6 Å². The fourth-order valence-corrected chi connectivity index (χ4v) is 2.98. The Kier molecular flexibility index (Phi) is 6.31. The zero-order chi connectivity index (χ0) is 17.7. The van der Waals surface area contributed by atoms with Crippen molar-refractivity contribution in [2.24, 2.45) is 0 Å². The van der Waals surface area contributed by atoms with Crippen molar-refractivity contribution < 1.29 is 14.0 Å². The summed E-state index contributed by atoms with van der Waals surface area (Å²) in [5.74, 6) is -0.667. The van der Waals surface area contributed by atoms with Gasteiger partial charge >= 0.3 is 0 Å². The molecule has 0 radical (unpaired) electrons. The molecule has 1 aliphatic rings. The van der Waals surface area contributed by atoms with Crippen LogP contribution >= 0.6 is 0 Å². The third-order valence-corrected chi connectivity index (χ3v) is 4.36. The van der Waals surface area contributed by atoms with Gasteiger partial charge in [-0.25, -0.2) is 4.39 Å². The van der Waals surface area contributed by atoms with Crippen molar-refractivity contribution >= 4 is 11.8 Å². The van der Waals surface area contributed by atoms with Gasteiger partial charge < -0.3 is 9.80 Å². The molecule has 1 aliphatic heterocycles. The summed E-state index contributed by atoms with van der Waals surface area (Å²) in [4.78, 5) is 30.2.